The molecule has 0 bridgehead atoms. The van der Waals surface area contributed by atoms with Crippen molar-refractivity contribution in [1.82, 2.24) is 4.98 Å². The van der Waals surface area contributed by atoms with E-state index in [1.165, 1.54) is 5.56 Å². The van der Waals surface area contributed by atoms with Crippen LogP contribution in [0.25, 0.3) is 0 Å². The Balaban J connectivity index is 2.31. The molecule has 0 fully saturated rings. The van der Waals surface area contributed by atoms with Crippen molar-refractivity contribution >= 4 is 15.9 Å². The van der Waals surface area contributed by atoms with E-state index in [1.54, 1.807) is 6.20 Å². The lowest BCUT2D eigenvalue weighted by Crippen LogP contribution is -2.12. The van der Waals surface area contributed by atoms with Gasteiger partial charge in [-0.2, -0.15) is 0 Å². The molecule has 0 radical (unpaired) electrons. The molecule has 0 aliphatic heterocycles. The molecule has 0 aliphatic rings. The maximum absolute atomic E-state index is 9.98. The van der Waals surface area contributed by atoms with Crippen molar-refractivity contribution in [3.63, 3.8) is 0 Å². The summed E-state index contributed by atoms with van der Waals surface area (Å²) in [6.07, 6.45) is 4.87. The Hall–Kier alpha value is -1.19. The van der Waals surface area contributed by atoms with Gasteiger partial charge < -0.3 is 5.11 Å². The number of halogens is 1. The zero-order valence-corrected chi connectivity index (χ0v) is 12.5. The summed E-state index contributed by atoms with van der Waals surface area (Å²) in [4.78, 5) is 4.19. The summed E-state index contributed by atoms with van der Waals surface area (Å²) in [7, 11) is 0. The molecule has 0 amide bonds. The van der Waals surface area contributed by atoms with Gasteiger partial charge in [-0.25, -0.2) is 0 Å². The molecule has 1 aromatic carbocycles. The van der Waals surface area contributed by atoms with Crippen molar-refractivity contribution in [2.24, 2.45) is 0 Å². The topological polar surface area (TPSA) is 33.1 Å². The number of nitrogens with zero attached hydrogens (tertiary/aromatic N) is 1. The van der Waals surface area contributed by atoms with Gasteiger partial charge in [0.15, 0.2) is 0 Å². The maximum Gasteiger partial charge on any atom is 0.0546 e. The lowest BCUT2D eigenvalue weighted by molar-refractivity contribution is 0.155. The highest BCUT2D eigenvalue weighted by Gasteiger charge is 2.17. The Bertz CT molecular complexity index is 498. The minimum Gasteiger partial charge on any atom is -0.393 e. The summed E-state index contributed by atoms with van der Waals surface area (Å²) >= 11 is 3.45. The van der Waals surface area contributed by atoms with Crippen LogP contribution in [-0.2, 0) is 0 Å². The van der Waals surface area contributed by atoms with Gasteiger partial charge in [-0.3, -0.25) is 4.98 Å². The van der Waals surface area contributed by atoms with Crippen LogP contribution in [0.2, 0.25) is 0 Å². The van der Waals surface area contributed by atoms with E-state index in [0.29, 0.717) is 0 Å². The first kappa shape index (κ1) is 14.2. The van der Waals surface area contributed by atoms with Crippen LogP contribution in [-0.4, -0.2) is 16.2 Å². The van der Waals surface area contributed by atoms with Crippen molar-refractivity contribution in [2.45, 2.75) is 31.8 Å². The van der Waals surface area contributed by atoms with E-state index in [4.69, 9.17) is 0 Å². The molecule has 1 N–H and O–H groups in total. The van der Waals surface area contributed by atoms with Crippen LogP contribution in [0.4, 0.5) is 0 Å². The van der Waals surface area contributed by atoms with Gasteiger partial charge in [-0.15, -0.1) is 0 Å². The zero-order chi connectivity index (χ0) is 13.7. The van der Waals surface area contributed by atoms with Crippen LogP contribution in [0.1, 0.15) is 36.8 Å². The molecule has 0 saturated heterocycles. The van der Waals surface area contributed by atoms with Gasteiger partial charge in [0.2, 0.25) is 0 Å². The van der Waals surface area contributed by atoms with Crippen LogP contribution in [0.15, 0.2) is 53.3 Å². The number of pyridine rings is 1. The molecule has 2 unspecified atom stereocenters. The molecule has 0 aliphatic carbocycles. The van der Waals surface area contributed by atoms with E-state index in [1.807, 2.05) is 31.3 Å². The van der Waals surface area contributed by atoms with E-state index in [2.05, 4.69) is 39.1 Å². The summed E-state index contributed by atoms with van der Waals surface area (Å²) in [6, 6.07) is 12.3. The standard InChI is InChI=1S/C16H18BrNO/c1-2-15(19)10-16(13-4-3-9-18-11-13)12-5-7-14(17)8-6-12/h3-9,11,15-16,19H,2,10H2,1H3. The van der Waals surface area contributed by atoms with Crippen molar-refractivity contribution in [1.29, 1.82) is 0 Å². The van der Waals surface area contributed by atoms with Gasteiger partial charge in [0, 0.05) is 22.8 Å². The molecule has 0 saturated carbocycles. The van der Waals surface area contributed by atoms with Gasteiger partial charge in [-0.05, 0) is 42.2 Å². The summed E-state index contributed by atoms with van der Waals surface area (Å²) < 4.78 is 1.07. The molecule has 19 heavy (non-hydrogen) atoms. The van der Waals surface area contributed by atoms with E-state index in [0.717, 1.165) is 22.9 Å². The van der Waals surface area contributed by atoms with Crippen LogP contribution in [0, 0.1) is 0 Å². The molecule has 1 heterocycles. The molecule has 2 atom stereocenters. The number of aliphatic hydroxyl groups is 1. The van der Waals surface area contributed by atoms with Gasteiger partial charge in [0.05, 0.1) is 6.10 Å². The first-order valence-corrected chi connectivity index (χ1v) is 7.33. The third-order valence-corrected chi connectivity index (χ3v) is 3.87. The second-order valence-electron chi connectivity index (χ2n) is 4.69. The Labute approximate surface area is 122 Å². The van der Waals surface area contributed by atoms with Crippen LogP contribution in [0.3, 0.4) is 0 Å². The minimum atomic E-state index is -0.283. The van der Waals surface area contributed by atoms with Crippen molar-refractivity contribution < 1.29 is 5.11 Å². The van der Waals surface area contributed by atoms with Crippen LogP contribution >= 0.6 is 15.9 Å². The number of hydrogen-bond acceptors (Lipinski definition) is 2. The summed E-state index contributed by atoms with van der Waals surface area (Å²) in [5.74, 6) is 0.191. The summed E-state index contributed by atoms with van der Waals surface area (Å²) in [5.41, 5.74) is 2.36. The maximum atomic E-state index is 9.98. The predicted molar refractivity (Wildman–Crippen MR) is 81.1 cm³/mol. The van der Waals surface area contributed by atoms with Gasteiger partial charge in [0.1, 0.15) is 0 Å². The second kappa shape index (κ2) is 6.83. The van der Waals surface area contributed by atoms with Gasteiger partial charge in [-0.1, -0.05) is 41.1 Å². The minimum absolute atomic E-state index is 0.191. The first-order valence-electron chi connectivity index (χ1n) is 6.54. The number of rotatable bonds is 5. The van der Waals surface area contributed by atoms with Gasteiger partial charge >= 0.3 is 0 Å². The fraction of sp³-hybridized carbons (Fsp3) is 0.312. The fourth-order valence-electron chi connectivity index (χ4n) is 2.18. The number of benzene rings is 1. The van der Waals surface area contributed by atoms with Crippen LogP contribution in [0.5, 0.6) is 0 Å². The number of aromatic nitrogens is 1. The third-order valence-electron chi connectivity index (χ3n) is 3.34. The molecule has 1 aromatic heterocycles. The van der Waals surface area contributed by atoms with E-state index < -0.39 is 0 Å². The average molecular weight is 320 g/mol. The number of aliphatic hydroxyl groups excluding tert-OH is 1. The molecule has 100 valence electrons. The van der Waals surface area contributed by atoms with Crippen molar-refractivity contribution in [3.8, 4) is 0 Å². The van der Waals surface area contributed by atoms with E-state index in [9.17, 15) is 5.11 Å². The van der Waals surface area contributed by atoms with E-state index in [-0.39, 0.29) is 12.0 Å². The normalized spacial score (nSPS) is 14.1. The van der Waals surface area contributed by atoms with E-state index >= 15 is 0 Å². The summed E-state index contributed by atoms with van der Waals surface area (Å²) in [6.45, 7) is 2.01. The first-order chi connectivity index (χ1) is 9.20. The molecule has 0 spiro atoms. The summed E-state index contributed by atoms with van der Waals surface area (Å²) in [5, 5.41) is 9.98. The highest BCUT2D eigenvalue weighted by atomic mass is 79.9. The van der Waals surface area contributed by atoms with Gasteiger partial charge in [0.25, 0.3) is 0 Å². The van der Waals surface area contributed by atoms with Crippen LogP contribution < -0.4 is 0 Å². The van der Waals surface area contributed by atoms with Crippen molar-refractivity contribution in [3.05, 3.63) is 64.4 Å². The molecular weight excluding hydrogens is 302 g/mol. The molecular formula is C16H18BrNO. The SMILES string of the molecule is CCC(O)CC(c1ccc(Br)cc1)c1cccnc1. The fourth-order valence-corrected chi connectivity index (χ4v) is 2.44. The van der Waals surface area contributed by atoms with Crippen molar-refractivity contribution in [2.75, 3.05) is 0 Å². The molecule has 3 heteroatoms. The Morgan fingerprint density at radius 3 is 2.47 bits per heavy atom. The Morgan fingerprint density at radius 2 is 1.89 bits per heavy atom. The third kappa shape index (κ3) is 3.88. The molecule has 2 aromatic rings. The lowest BCUT2D eigenvalue weighted by atomic mass is 9.87. The smallest absolute Gasteiger partial charge is 0.0546 e. The highest BCUT2D eigenvalue weighted by molar-refractivity contribution is 9.10. The number of hydrogen-bond donors (Lipinski definition) is 1. The average Bonchev–Trinajstić information content (AvgIpc) is 2.46. The Morgan fingerprint density at radius 1 is 1.16 bits per heavy atom. The second-order valence-corrected chi connectivity index (χ2v) is 5.60. The highest BCUT2D eigenvalue weighted by Crippen LogP contribution is 2.30. The lowest BCUT2D eigenvalue weighted by Gasteiger charge is -2.20. The quantitative estimate of drug-likeness (QED) is 0.898. The molecule has 2 nitrogen and oxygen atoms in total. The molecule has 2 rings (SSSR count). The zero-order valence-electron chi connectivity index (χ0n) is 11.0. The monoisotopic (exact) mass is 319 g/mol. The largest absolute Gasteiger partial charge is 0.393 e. The predicted octanol–water partition coefficient (Wildman–Crippen LogP) is 4.14. The Kier molecular flexibility index (Phi) is 5.11.